The van der Waals surface area contributed by atoms with Crippen LogP contribution < -0.4 is 11.0 Å². The predicted octanol–water partition coefficient (Wildman–Crippen LogP) is 0.631. The SMILES string of the molecule is C[C@H]1O[C@@H](n2cc(I)c(NC(=O)OCc3cccnc3)nc2=O)[C@H](O)[C@@H]1O. The van der Waals surface area contributed by atoms with Gasteiger partial charge in [0.2, 0.25) is 0 Å². The number of rotatable bonds is 4. The molecule has 0 radical (unpaired) electrons. The quantitative estimate of drug-likeness (QED) is 0.534. The van der Waals surface area contributed by atoms with Gasteiger partial charge in [-0.2, -0.15) is 4.98 Å². The van der Waals surface area contributed by atoms with Crippen LogP contribution in [-0.2, 0) is 16.1 Å². The maximum absolute atomic E-state index is 12.3. The summed E-state index contributed by atoms with van der Waals surface area (Å²) in [4.78, 5) is 31.9. The van der Waals surface area contributed by atoms with E-state index < -0.39 is 36.3 Å². The number of aliphatic hydroxyl groups is 2. The fraction of sp³-hybridized carbons (Fsp3) is 0.375. The van der Waals surface area contributed by atoms with E-state index in [-0.39, 0.29) is 12.4 Å². The summed E-state index contributed by atoms with van der Waals surface area (Å²) in [5.74, 6) is 0.0223. The minimum Gasteiger partial charge on any atom is -0.444 e. The number of aromatic nitrogens is 3. The fourth-order valence-electron chi connectivity index (χ4n) is 2.54. The van der Waals surface area contributed by atoms with Crippen molar-refractivity contribution in [3.05, 3.63) is 50.3 Å². The number of carbonyl (C=O) groups is 1. The standard InChI is InChI=1S/C16H17IN4O6/c1-8-11(22)12(23)14(27-8)21-6-10(17)13(19-15(21)24)20-16(25)26-7-9-3-2-4-18-5-9/h2-6,8,11-12,14,22-23H,7H2,1H3,(H,19,20,24,25)/t8-,11-,12-,14-/m1/s1. The van der Waals surface area contributed by atoms with Gasteiger partial charge in [-0.05, 0) is 35.6 Å². The van der Waals surface area contributed by atoms with E-state index in [1.54, 1.807) is 31.5 Å². The van der Waals surface area contributed by atoms with Gasteiger partial charge < -0.3 is 19.7 Å². The molecule has 1 amide bonds. The molecule has 10 nitrogen and oxygen atoms in total. The van der Waals surface area contributed by atoms with Gasteiger partial charge in [0.1, 0.15) is 18.8 Å². The Hall–Kier alpha value is -2.09. The average molecular weight is 488 g/mol. The molecule has 4 atom stereocenters. The van der Waals surface area contributed by atoms with Gasteiger partial charge in [-0.25, -0.2) is 9.59 Å². The molecule has 1 saturated heterocycles. The lowest BCUT2D eigenvalue weighted by atomic mass is 10.1. The predicted molar refractivity (Wildman–Crippen MR) is 101 cm³/mol. The number of ether oxygens (including phenoxy) is 2. The highest BCUT2D eigenvalue weighted by atomic mass is 127. The molecule has 3 N–H and O–H groups in total. The van der Waals surface area contributed by atoms with E-state index in [0.29, 0.717) is 9.13 Å². The zero-order chi connectivity index (χ0) is 19.6. The number of carbonyl (C=O) groups excluding carboxylic acids is 1. The first-order valence-electron chi connectivity index (χ1n) is 8.00. The molecule has 2 aromatic rings. The van der Waals surface area contributed by atoms with Crippen molar-refractivity contribution in [1.82, 2.24) is 14.5 Å². The number of amides is 1. The van der Waals surface area contributed by atoms with Gasteiger partial charge in [0, 0.05) is 24.2 Å². The molecule has 144 valence electrons. The molecular weight excluding hydrogens is 471 g/mol. The van der Waals surface area contributed by atoms with Crippen molar-refractivity contribution < 1.29 is 24.5 Å². The zero-order valence-electron chi connectivity index (χ0n) is 14.2. The van der Waals surface area contributed by atoms with Gasteiger partial charge in [0.25, 0.3) is 0 Å². The molecule has 0 unspecified atom stereocenters. The van der Waals surface area contributed by atoms with Crippen molar-refractivity contribution in [3.63, 3.8) is 0 Å². The van der Waals surface area contributed by atoms with Crippen molar-refractivity contribution in [1.29, 1.82) is 0 Å². The minimum atomic E-state index is -1.27. The van der Waals surface area contributed by atoms with Crippen LogP contribution in [0.3, 0.4) is 0 Å². The van der Waals surface area contributed by atoms with Gasteiger partial charge in [0.15, 0.2) is 12.0 Å². The highest BCUT2D eigenvalue weighted by Gasteiger charge is 2.42. The first-order valence-corrected chi connectivity index (χ1v) is 9.07. The molecule has 11 heteroatoms. The lowest BCUT2D eigenvalue weighted by molar-refractivity contribution is -0.0351. The van der Waals surface area contributed by atoms with Crippen LogP contribution in [0.25, 0.3) is 0 Å². The summed E-state index contributed by atoms with van der Waals surface area (Å²) in [6.45, 7) is 1.61. The highest BCUT2D eigenvalue weighted by Crippen LogP contribution is 2.28. The van der Waals surface area contributed by atoms with Gasteiger partial charge in [0.05, 0.1) is 9.67 Å². The maximum atomic E-state index is 12.3. The lowest BCUT2D eigenvalue weighted by Crippen LogP contribution is -2.36. The number of hydrogen-bond donors (Lipinski definition) is 3. The van der Waals surface area contributed by atoms with Crippen LogP contribution in [0, 0.1) is 3.57 Å². The normalized spacial score (nSPS) is 24.6. The maximum Gasteiger partial charge on any atom is 0.413 e. The number of nitrogens with zero attached hydrogens (tertiary/aromatic N) is 3. The second-order valence-corrected chi connectivity index (χ2v) is 7.06. The molecule has 0 aliphatic carbocycles. The first kappa shape index (κ1) is 19.7. The molecule has 3 heterocycles. The van der Waals surface area contributed by atoms with Crippen molar-refractivity contribution in [3.8, 4) is 0 Å². The van der Waals surface area contributed by atoms with Crippen molar-refractivity contribution in [2.45, 2.75) is 38.1 Å². The molecule has 1 fully saturated rings. The molecule has 2 aromatic heterocycles. The van der Waals surface area contributed by atoms with E-state index in [0.717, 1.165) is 4.57 Å². The minimum absolute atomic E-state index is 0.0190. The Balaban J connectivity index is 1.70. The molecule has 0 aromatic carbocycles. The fourth-order valence-corrected chi connectivity index (χ4v) is 3.09. The third-order valence-electron chi connectivity index (χ3n) is 3.97. The van der Waals surface area contributed by atoms with Crippen LogP contribution in [0.1, 0.15) is 18.7 Å². The van der Waals surface area contributed by atoms with Gasteiger partial charge in [-0.3, -0.25) is 14.9 Å². The van der Waals surface area contributed by atoms with Crippen LogP contribution in [-0.4, -0.2) is 49.2 Å². The Morgan fingerprint density at radius 1 is 1.44 bits per heavy atom. The molecule has 0 bridgehead atoms. The number of anilines is 1. The van der Waals surface area contributed by atoms with E-state index in [2.05, 4.69) is 15.3 Å². The van der Waals surface area contributed by atoms with Crippen molar-refractivity contribution in [2.24, 2.45) is 0 Å². The van der Waals surface area contributed by atoms with E-state index in [9.17, 15) is 19.8 Å². The molecule has 3 rings (SSSR count). The Labute approximate surface area is 167 Å². The number of halogens is 1. The average Bonchev–Trinajstić information content (AvgIpc) is 2.91. The second kappa shape index (κ2) is 8.29. The Bertz CT molecular complexity index is 877. The van der Waals surface area contributed by atoms with Crippen molar-refractivity contribution in [2.75, 3.05) is 5.32 Å². The Kier molecular flexibility index (Phi) is 6.04. The third-order valence-corrected chi connectivity index (χ3v) is 4.76. The monoisotopic (exact) mass is 488 g/mol. The summed E-state index contributed by atoms with van der Waals surface area (Å²) in [6.07, 6.45) is -0.287. The van der Waals surface area contributed by atoms with E-state index in [4.69, 9.17) is 9.47 Å². The Morgan fingerprint density at radius 3 is 2.85 bits per heavy atom. The van der Waals surface area contributed by atoms with Crippen molar-refractivity contribution >= 4 is 34.5 Å². The number of nitrogens with one attached hydrogen (secondary N) is 1. The molecule has 27 heavy (non-hydrogen) atoms. The third kappa shape index (κ3) is 4.43. The first-order chi connectivity index (χ1) is 12.9. The number of hydrogen-bond acceptors (Lipinski definition) is 8. The number of aliphatic hydroxyl groups excluding tert-OH is 2. The van der Waals surface area contributed by atoms with Crippen LogP contribution in [0.5, 0.6) is 0 Å². The number of pyridine rings is 1. The van der Waals surface area contributed by atoms with Gasteiger partial charge >= 0.3 is 11.8 Å². The molecule has 0 saturated carbocycles. The summed E-state index contributed by atoms with van der Waals surface area (Å²) in [6, 6.07) is 3.48. The van der Waals surface area contributed by atoms with Crippen LogP contribution in [0.15, 0.2) is 35.5 Å². The van der Waals surface area contributed by atoms with E-state index >= 15 is 0 Å². The summed E-state index contributed by atoms with van der Waals surface area (Å²) >= 11 is 1.88. The topological polar surface area (TPSA) is 136 Å². The second-order valence-electron chi connectivity index (χ2n) is 5.90. The van der Waals surface area contributed by atoms with Crippen LogP contribution in [0.4, 0.5) is 10.6 Å². The molecule has 0 spiro atoms. The van der Waals surface area contributed by atoms with Gasteiger partial charge in [-0.1, -0.05) is 6.07 Å². The van der Waals surface area contributed by atoms with E-state index in [1.807, 2.05) is 22.6 Å². The summed E-state index contributed by atoms with van der Waals surface area (Å²) < 4.78 is 12.0. The highest BCUT2D eigenvalue weighted by molar-refractivity contribution is 14.1. The van der Waals surface area contributed by atoms with Crippen LogP contribution in [0.2, 0.25) is 0 Å². The molecule has 1 aliphatic heterocycles. The molecule has 1 aliphatic rings. The summed E-state index contributed by atoms with van der Waals surface area (Å²) in [7, 11) is 0. The zero-order valence-corrected chi connectivity index (χ0v) is 16.3. The lowest BCUT2D eigenvalue weighted by Gasteiger charge is -2.18. The summed E-state index contributed by atoms with van der Waals surface area (Å²) in [5.41, 5.74) is -0.0332. The Morgan fingerprint density at radius 2 is 2.22 bits per heavy atom. The largest absolute Gasteiger partial charge is 0.444 e. The summed E-state index contributed by atoms with van der Waals surface area (Å²) in [5, 5.41) is 22.2. The molecular formula is C16H17IN4O6. The van der Waals surface area contributed by atoms with Gasteiger partial charge in [-0.15, -0.1) is 0 Å². The van der Waals surface area contributed by atoms with E-state index in [1.165, 1.54) is 6.20 Å². The van der Waals surface area contributed by atoms with Crippen LogP contribution >= 0.6 is 22.6 Å². The smallest absolute Gasteiger partial charge is 0.413 e.